The highest BCUT2D eigenvalue weighted by molar-refractivity contribution is 6.50. The topological polar surface area (TPSA) is 242 Å². The average molecular weight is 1120 g/mol. The van der Waals surface area contributed by atoms with E-state index in [1.807, 2.05) is 60.7 Å². The number of hydrogen-bond acceptors (Lipinski definition) is 14. The molecule has 14 nitrogen and oxygen atoms in total. The second-order valence-corrected chi connectivity index (χ2v) is 19.3. The van der Waals surface area contributed by atoms with Gasteiger partial charge in [0.1, 0.15) is 17.2 Å². The van der Waals surface area contributed by atoms with Crippen molar-refractivity contribution in [1.29, 1.82) is 0 Å². The Kier molecular flexibility index (Phi) is 18.0. The van der Waals surface area contributed by atoms with E-state index >= 15 is 0 Å². The fourth-order valence-electron chi connectivity index (χ4n) is 8.95. The normalized spacial score (nSPS) is 10.5. The van der Waals surface area contributed by atoms with E-state index in [9.17, 15) is 19.2 Å². The first-order chi connectivity index (χ1) is 40.8. The fraction of sp³-hybridized carbons (Fsp3) is 0.0423. The average Bonchev–Trinajstić information content (AvgIpc) is 3.59. The van der Waals surface area contributed by atoms with Gasteiger partial charge in [0.05, 0.1) is 74.7 Å². The van der Waals surface area contributed by atoms with E-state index in [4.69, 9.17) is 52.3 Å². The van der Waals surface area contributed by atoms with Crippen LogP contribution in [0.1, 0.15) is 54.4 Å². The van der Waals surface area contributed by atoms with Crippen molar-refractivity contribution in [2.75, 3.05) is 30.0 Å². The molecule has 0 spiro atoms. The summed E-state index contributed by atoms with van der Waals surface area (Å²) in [5.41, 5.74) is 37.4. The van der Waals surface area contributed by atoms with Crippen LogP contribution in [0.25, 0.3) is 67.1 Å². The van der Waals surface area contributed by atoms with Gasteiger partial charge in [-0.3, -0.25) is 19.2 Å². The van der Waals surface area contributed by atoms with Crippen LogP contribution in [0.2, 0.25) is 0 Å². The molecule has 2 aromatic heterocycles. The number of Topliss-reactive ketones (excluding diaryl/α,β-unsaturated/α-hetero) is 4. The summed E-state index contributed by atoms with van der Waals surface area (Å²) in [5, 5.41) is 0. The van der Waals surface area contributed by atoms with Crippen LogP contribution < -0.4 is 32.4 Å². The number of rotatable bonds is 13. The summed E-state index contributed by atoms with van der Waals surface area (Å²) in [6.45, 7) is 2.08. The Morgan fingerprint density at radius 1 is 0.318 bits per heavy atom. The van der Waals surface area contributed by atoms with Gasteiger partial charge in [0.15, 0.2) is 0 Å². The molecule has 12 rings (SSSR count). The first-order valence-electron chi connectivity index (χ1n) is 26.5. The lowest BCUT2D eigenvalue weighted by atomic mass is 9.97. The number of anilines is 4. The quantitative estimate of drug-likeness (QED) is 0.0477. The Morgan fingerprint density at radius 2 is 0.635 bits per heavy atom. The van der Waals surface area contributed by atoms with Crippen LogP contribution in [0.4, 0.5) is 22.7 Å². The number of nitrogen functional groups attached to an aromatic ring is 4. The van der Waals surface area contributed by atoms with Crippen molar-refractivity contribution in [3.8, 4) is 62.3 Å². The Balaban J connectivity index is 0.000000168. The summed E-state index contributed by atoms with van der Waals surface area (Å²) in [4.78, 5) is 69.2. The van der Waals surface area contributed by atoms with Gasteiger partial charge in [0.25, 0.3) is 0 Å². The summed E-state index contributed by atoms with van der Waals surface area (Å²) >= 11 is 0. The molecule has 85 heavy (non-hydrogen) atoms. The molecule has 8 N–H and O–H groups in total. The van der Waals surface area contributed by atoms with Crippen molar-refractivity contribution < 1.29 is 28.7 Å². The van der Waals surface area contributed by atoms with Gasteiger partial charge in [-0.15, -0.1) is 0 Å². The molecule has 0 unspecified atom stereocenters. The summed E-state index contributed by atoms with van der Waals surface area (Å²) < 4.78 is 11.0. The highest BCUT2D eigenvalue weighted by atomic mass is 16.5. The second kappa shape index (κ2) is 26.3. The lowest BCUT2D eigenvalue weighted by Crippen LogP contribution is -2.16. The Labute approximate surface area is 491 Å². The van der Waals surface area contributed by atoms with Gasteiger partial charge >= 0.3 is 0 Å². The maximum absolute atomic E-state index is 12.3. The molecule has 10 aromatic carbocycles. The molecule has 418 valence electrons. The van der Waals surface area contributed by atoms with Gasteiger partial charge in [-0.25, -0.2) is 19.9 Å². The molecule has 0 aliphatic carbocycles. The predicted octanol–water partition coefficient (Wildman–Crippen LogP) is 14.8. The smallest absolute Gasteiger partial charge is 0.233 e. The summed E-state index contributed by atoms with van der Waals surface area (Å²) in [7, 11) is 1.66. The molecular formula is C71H58N8O6. The van der Waals surface area contributed by atoms with Gasteiger partial charge in [-0.05, 0) is 61.0 Å². The number of hydrogen-bond donors (Lipinski definition) is 4. The number of ketones is 4. The van der Waals surface area contributed by atoms with E-state index in [1.54, 1.807) is 104 Å². The van der Waals surface area contributed by atoms with E-state index in [2.05, 4.69) is 67.6 Å². The van der Waals surface area contributed by atoms with Crippen LogP contribution in [-0.4, -0.2) is 50.2 Å². The van der Waals surface area contributed by atoms with Gasteiger partial charge < -0.3 is 32.4 Å². The first-order valence-corrected chi connectivity index (χ1v) is 26.5. The lowest BCUT2D eigenvalue weighted by molar-refractivity contribution is 0.0814. The molecule has 0 amide bonds. The maximum atomic E-state index is 12.3. The van der Waals surface area contributed by atoms with Crippen molar-refractivity contribution in [1.82, 2.24) is 19.9 Å². The molecule has 0 saturated heterocycles. The summed E-state index contributed by atoms with van der Waals surface area (Å²) in [6.07, 6.45) is 0. The van der Waals surface area contributed by atoms with E-state index in [1.165, 1.54) is 24.3 Å². The number of nitrogens with two attached hydrogens (primary N) is 4. The van der Waals surface area contributed by atoms with Gasteiger partial charge in [-0.1, -0.05) is 183 Å². The number of carbonyl (C=O) groups is 4. The molecule has 0 atom stereocenters. The number of carbonyl (C=O) groups excluding carboxylic acids is 4. The Hall–Kier alpha value is -11.6. The standard InChI is InChI=1S/C36H26N4O.C22H14O4.C12H14N4O.CH4/c1-23-13-19-29-31(21-23)39-33(24-9-5-3-6-10-24)35(37-29)26-14-16-27(17-15-26)36-34(25-11-7-4-8-12-25)40-32-22-28(41-2)18-20-30(32)38-36;23-19(15-7-3-1-4-8-15)21(25)17-11-13-18(14-12-17)22(26)20(24)16-9-5-2-6-10-16;13-9-3-1-7(5-11(9)15)17-8-2-4-10(14)12(16)6-8;/h3-22H,1-2H3;1-14H;1-6H,13-16H2;1H4. The molecule has 0 fully saturated rings. The zero-order valence-electron chi connectivity index (χ0n) is 45.6. The van der Waals surface area contributed by atoms with Crippen LogP contribution in [0.3, 0.4) is 0 Å². The highest BCUT2D eigenvalue weighted by Gasteiger charge is 2.22. The monoisotopic (exact) mass is 1120 g/mol. The highest BCUT2D eigenvalue weighted by Crippen LogP contribution is 2.36. The van der Waals surface area contributed by atoms with Crippen LogP contribution in [0.5, 0.6) is 17.2 Å². The zero-order chi connectivity index (χ0) is 58.7. The Bertz CT molecular complexity index is 4250. The van der Waals surface area contributed by atoms with Crippen molar-refractivity contribution in [3.63, 3.8) is 0 Å². The van der Waals surface area contributed by atoms with Gasteiger partial charge in [0, 0.05) is 62.7 Å². The van der Waals surface area contributed by atoms with Crippen molar-refractivity contribution >= 4 is 67.9 Å². The number of aromatic nitrogens is 4. The van der Waals surface area contributed by atoms with Gasteiger partial charge in [0.2, 0.25) is 23.1 Å². The van der Waals surface area contributed by atoms with E-state index < -0.39 is 23.1 Å². The minimum atomic E-state index is -0.662. The van der Waals surface area contributed by atoms with Crippen molar-refractivity contribution in [2.24, 2.45) is 0 Å². The van der Waals surface area contributed by atoms with E-state index in [-0.39, 0.29) is 18.6 Å². The third kappa shape index (κ3) is 13.6. The van der Waals surface area contributed by atoms with Crippen LogP contribution in [0, 0.1) is 6.92 Å². The maximum Gasteiger partial charge on any atom is 0.233 e. The SMILES string of the molecule is C.COc1ccc2nc(-c3ccc(-c4nc5ccc(C)cc5nc4-c4ccccc4)cc3)c(-c3ccccc3)nc2c1.Nc1ccc(Oc2ccc(N)c(N)c2)cc1N.O=C(C(=O)c1ccc(C(=O)C(=O)c2ccccc2)cc1)c1ccccc1. The zero-order valence-corrected chi connectivity index (χ0v) is 45.6. The first kappa shape index (κ1) is 58.0. The molecule has 0 aliphatic rings. The largest absolute Gasteiger partial charge is 0.497 e. The van der Waals surface area contributed by atoms with Gasteiger partial charge in [-0.2, -0.15) is 0 Å². The van der Waals surface area contributed by atoms with Crippen LogP contribution in [-0.2, 0) is 0 Å². The number of aryl methyl sites for hydroxylation is 1. The van der Waals surface area contributed by atoms with E-state index in [0.717, 1.165) is 78.4 Å². The van der Waals surface area contributed by atoms with Crippen LogP contribution >= 0.6 is 0 Å². The summed E-state index contributed by atoms with van der Waals surface area (Å²) in [6, 6.07) is 72.9. The Morgan fingerprint density at radius 3 is 1.01 bits per heavy atom. The third-order valence-electron chi connectivity index (χ3n) is 13.5. The predicted molar refractivity (Wildman–Crippen MR) is 340 cm³/mol. The van der Waals surface area contributed by atoms with Crippen molar-refractivity contribution in [2.45, 2.75) is 14.4 Å². The fourth-order valence-corrected chi connectivity index (χ4v) is 8.95. The van der Waals surface area contributed by atoms with Crippen LogP contribution in [0.15, 0.2) is 243 Å². The lowest BCUT2D eigenvalue weighted by Gasteiger charge is -2.13. The number of methoxy groups -OCH3 is 1. The number of nitrogens with zero attached hydrogens (tertiary/aromatic N) is 4. The third-order valence-corrected chi connectivity index (χ3v) is 13.5. The number of ether oxygens (including phenoxy) is 2. The second-order valence-electron chi connectivity index (χ2n) is 19.3. The molecule has 2 heterocycles. The molecule has 0 saturated carbocycles. The molecule has 0 aliphatic heterocycles. The minimum Gasteiger partial charge on any atom is -0.497 e. The number of fused-ring (bicyclic) bond motifs is 2. The molecule has 0 bridgehead atoms. The molecular weight excluding hydrogens is 1060 g/mol. The molecule has 0 radical (unpaired) electrons. The molecule has 12 aromatic rings. The van der Waals surface area contributed by atoms with E-state index in [0.29, 0.717) is 45.4 Å². The number of benzene rings is 10. The minimum absolute atomic E-state index is 0. The summed E-state index contributed by atoms with van der Waals surface area (Å²) in [5.74, 6) is -0.616. The van der Waals surface area contributed by atoms with Crippen molar-refractivity contribution in [3.05, 3.63) is 270 Å². The molecule has 14 heteroatoms.